The largest absolute Gasteiger partial charge is 0.322 e. The normalized spacial score (nSPS) is 14.4. The van der Waals surface area contributed by atoms with Crippen molar-refractivity contribution in [3.05, 3.63) is 356 Å². The van der Waals surface area contributed by atoms with Crippen LogP contribution in [-0.2, 0) is 26.2 Å². The second-order valence-corrected chi connectivity index (χ2v) is 36.6. The van der Waals surface area contributed by atoms with Gasteiger partial charge in [0.25, 0.3) is 23.6 Å². The van der Waals surface area contributed by atoms with Crippen molar-refractivity contribution in [3.8, 4) is 47.4 Å². The molecule has 12 aromatic heterocycles. The van der Waals surface area contributed by atoms with Gasteiger partial charge in [-0.3, -0.25) is 76.3 Å². The van der Waals surface area contributed by atoms with Gasteiger partial charge in [0.2, 0.25) is 0 Å². The van der Waals surface area contributed by atoms with Gasteiger partial charge >= 0.3 is 0 Å². The molecule has 0 bridgehead atoms. The molecule has 4 fully saturated rings. The minimum Gasteiger partial charge on any atom is -0.322 e. The topological polar surface area (TPSA) is 315 Å². The Morgan fingerprint density at radius 1 is 0.280 bits per heavy atom. The zero-order chi connectivity index (χ0) is 99.4. The van der Waals surface area contributed by atoms with Gasteiger partial charge in [0.15, 0.2) is 0 Å². The Hall–Kier alpha value is -16.2. The average molecular weight is 1900 g/mol. The summed E-state index contributed by atoms with van der Waals surface area (Å²) in [7, 11) is 8.66. The zero-order valence-corrected chi connectivity index (χ0v) is 82.4. The van der Waals surface area contributed by atoms with Gasteiger partial charge < -0.3 is 40.9 Å². The fourth-order valence-corrected chi connectivity index (χ4v) is 17.0. The fourth-order valence-electron chi connectivity index (χ4n) is 17.0. The Morgan fingerprint density at radius 3 is 0.993 bits per heavy atom. The summed E-state index contributed by atoms with van der Waals surface area (Å²) in [6.45, 7) is 35.3. The van der Waals surface area contributed by atoms with E-state index in [0.29, 0.717) is 44.5 Å². The summed E-state index contributed by atoms with van der Waals surface area (Å²) < 4.78 is 7.39. The third kappa shape index (κ3) is 26.1. The number of likely N-dealkylation sites (N-methyl/N-ethyl adjacent to an activating group) is 4. The minimum absolute atomic E-state index is 0.216. The van der Waals surface area contributed by atoms with Crippen LogP contribution in [0.5, 0.6) is 0 Å². The van der Waals surface area contributed by atoms with Crippen LogP contribution in [0.3, 0.4) is 0 Å². The molecular weight excluding hydrogens is 1790 g/mol. The Morgan fingerprint density at radius 2 is 0.608 bits per heavy atom. The standard InChI is InChI=1S/3C28H29N7O.C27H27N7O/c1-20-12-25(6-5-23(20)18-34-10-8-33(3)9-11-34)32-28(36)24-13-22(15-29-16-24)4-7-26-17-31-27-21(2)14-30-19-35(26)27;1-20-12-25(6-5-23(20)18-34-10-8-33(3)9-11-34)32-28(36)24-14-22(15-29-16-24)4-7-26-17-30-27-13-21(2)31-19-35(26)27;1-20-14-25(6-5-23(20)19-34-12-10-33(3)11-13-34)32-28(36)24-15-22(16-29-17-24)4-7-26-18-31-27-8-9-30-21(2)35(26)27;1-20-13-24(5-4-22(20)18-33-11-9-32(2)10-12-33)31-27(35)23-14-21(15-29-16-23)3-6-25-17-30-26-7-8-28-19-34(25)26/h2*5-6,12-17,19H,8-11,18H2,1-3H3,(H,32,36);5-6,8-9,14-18H,10-13,19H2,1-3H3,(H,32,36);4-5,7-8,13-17,19H,9-12,18H2,1-2H3,(H,31,35). The van der Waals surface area contributed by atoms with Crippen molar-refractivity contribution >= 4 is 69.0 Å². The number of nitrogens with one attached hydrogen (secondary N) is 4. The van der Waals surface area contributed by atoms with E-state index in [9.17, 15) is 19.2 Å². The minimum atomic E-state index is -0.216. The number of benzene rings is 4. The van der Waals surface area contributed by atoms with Gasteiger partial charge in [-0.1, -0.05) is 47.9 Å². The highest BCUT2D eigenvalue weighted by atomic mass is 16.2. The summed E-state index contributed by atoms with van der Waals surface area (Å²) in [4.78, 5) is 122. The summed E-state index contributed by atoms with van der Waals surface area (Å²) in [5.41, 5.74) is 25.3. The molecule has 4 N–H and O–H groups in total. The number of piperazine rings is 4. The number of hydrogen-bond acceptors (Lipinski definition) is 24. The Labute approximate surface area is 832 Å². The van der Waals surface area contributed by atoms with Crippen molar-refractivity contribution in [2.45, 2.75) is 74.6 Å². The molecule has 0 radical (unpaired) electrons. The summed E-state index contributed by atoms with van der Waals surface area (Å²) in [6, 6.07) is 36.9. The van der Waals surface area contributed by atoms with Gasteiger partial charge in [0, 0.05) is 261 Å². The summed E-state index contributed by atoms with van der Waals surface area (Å²) in [5, 5.41) is 12.0. The molecule has 16 heterocycles. The molecule has 4 aliphatic heterocycles. The number of nitrogens with zero attached hydrogens (tertiary/aromatic N) is 24. The van der Waals surface area contributed by atoms with Gasteiger partial charge in [-0.25, -0.2) is 39.9 Å². The molecule has 4 aromatic carbocycles. The van der Waals surface area contributed by atoms with Gasteiger partial charge in [-0.15, -0.1) is 0 Å². The molecule has 32 heteroatoms. The maximum atomic E-state index is 12.9. The van der Waals surface area contributed by atoms with E-state index in [-0.39, 0.29) is 23.6 Å². The van der Waals surface area contributed by atoms with Gasteiger partial charge in [0.1, 0.15) is 70.2 Å². The van der Waals surface area contributed by atoms with E-state index in [4.69, 9.17) is 0 Å². The number of carbonyl (C=O) groups is 4. The number of imidazole rings is 4. The van der Waals surface area contributed by atoms with Gasteiger partial charge in [-0.05, 0) is 230 Å². The third-order valence-electron chi connectivity index (χ3n) is 25.8. The van der Waals surface area contributed by atoms with E-state index in [1.165, 1.54) is 44.5 Å². The number of rotatable bonds is 16. The van der Waals surface area contributed by atoms with E-state index >= 15 is 0 Å². The molecule has 32 nitrogen and oxygen atoms in total. The monoisotopic (exact) mass is 1900 g/mol. The number of amides is 4. The highest BCUT2D eigenvalue weighted by molar-refractivity contribution is 6.06. The van der Waals surface area contributed by atoms with Crippen molar-refractivity contribution in [2.75, 3.05) is 154 Å². The maximum Gasteiger partial charge on any atom is 0.257 e. The number of carbonyl (C=O) groups excluding carboxylic acids is 4. The predicted octanol–water partition coefficient (Wildman–Crippen LogP) is 12.3. The maximum absolute atomic E-state index is 12.9. The van der Waals surface area contributed by atoms with Crippen LogP contribution < -0.4 is 21.3 Å². The Balaban J connectivity index is 0.000000131. The number of fused-ring (bicyclic) bond motifs is 4. The molecule has 4 saturated heterocycles. The highest BCUT2D eigenvalue weighted by Crippen LogP contribution is 2.26. The SMILES string of the molecule is Cc1cc(NC(=O)c2cncc(C#Cc3cnc4c(C)cncn34)c2)ccc1CN1CCN(C)CC1.Cc1cc(NC(=O)c2cncc(C#Cc3cnc4ccnc(C)n34)c2)ccc1CN1CCN(C)CC1.Cc1cc(NC(=O)c2cncc(C#Cc3cnc4ccncn34)c2)ccc1CN1CCN(C)CC1.Cc1cc2ncc(C#Cc3cncc(C(=O)Nc4ccc(CN5CCN(C)CC5)c(C)c4)c3)n2cn1. The molecule has 4 amide bonds. The smallest absolute Gasteiger partial charge is 0.257 e. The molecule has 20 rings (SSSR count). The Bertz CT molecular complexity index is 7630. The molecular formula is C111H114N28O4. The van der Waals surface area contributed by atoms with Crippen LogP contribution in [0.1, 0.15) is 148 Å². The van der Waals surface area contributed by atoms with E-state index in [1.54, 1.807) is 136 Å². The van der Waals surface area contributed by atoms with Crippen LogP contribution in [0.2, 0.25) is 0 Å². The van der Waals surface area contributed by atoms with Crippen molar-refractivity contribution in [1.29, 1.82) is 0 Å². The average Bonchev–Trinajstić information content (AvgIpc) is 1.69. The molecule has 0 atom stereocenters. The number of pyridine rings is 4. The molecule has 4 aliphatic rings. The molecule has 0 spiro atoms. The number of aryl methyl sites for hydroxylation is 7. The lowest BCUT2D eigenvalue weighted by atomic mass is 10.1. The van der Waals surface area contributed by atoms with Crippen LogP contribution >= 0.6 is 0 Å². The lowest BCUT2D eigenvalue weighted by molar-refractivity contribution is 0.101. The van der Waals surface area contributed by atoms with Gasteiger partial charge in [0.05, 0.1) is 47.0 Å². The first-order chi connectivity index (χ1) is 69.4. The molecule has 16 aromatic rings. The van der Waals surface area contributed by atoms with E-state index < -0.39 is 0 Å². The third-order valence-corrected chi connectivity index (χ3v) is 25.8. The molecule has 0 saturated carbocycles. The molecule has 0 aliphatic carbocycles. The molecule has 0 unspecified atom stereocenters. The second kappa shape index (κ2) is 46.2. The molecule has 143 heavy (non-hydrogen) atoms. The number of hydrogen-bond donors (Lipinski definition) is 4. The van der Waals surface area contributed by atoms with Gasteiger partial charge in [-0.2, -0.15) is 0 Å². The van der Waals surface area contributed by atoms with Crippen LogP contribution in [0.4, 0.5) is 22.7 Å². The first-order valence-electron chi connectivity index (χ1n) is 47.7. The van der Waals surface area contributed by atoms with Crippen LogP contribution in [0.25, 0.3) is 22.6 Å². The lowest BCUT2D eigenvalue weighted by Crippen LogP contribution is -2.43. The first-order valence-corrected chi connectivity index (χ1v) is 47.7. The van der Waals surface area contributed by atoms with Crippen LogP contribution in [0, 0.1) is 95.8 Å². The quantitative estimate of drug-likeness (QED) is 0.0653. The van der Waals surface area contributed by atoms with Crippen LogP contribution in [-0.4, -0.2) is 273 Å². The summed E-state index contributed by atoms with van der Waals surface area (Å²) in [6.07, 6.45) is 29.9. The van der Waals surface area contributed by atoms with Crippen molar-refractivity contribution in [2.24, 2.45) is 0 Å². The zero-order valence-electron chi connectivity index (χ0n) is 82.4. The number of aromatic nitrogens is 16. The molecule has 722 valence electrons. The predicted molar refractivity (Wildman–Crippen MR) is 555 cm³/mol. The fraction of sp³-hybridized carbons (Fsp3) is 0.279. The van der Waals surface area contributed by atoms with Crippen molar-refractivity contribution in [1.82, 2.24) is 117 Å². The van der Waals surface area contributed by atoms with E-state index in [1.807, 2.05) is 105 Å². The lowest BCUT2D eigenvalue weighted by Gasteiger charge is -2.32. The van der Waals surface area contributed by atoms with Crippen molar-refractivity contribution < 1.29 is 19.2 Å². The summed E-state index contributed by atoms with van der Waals surface area (Å²) in [5.74, 6) is 24.7. The van der Waals surface area contributed by atoms with Crippen molar-refractivity contribution in [3.63, 3.8) is 0 Å². The number of anilines is 4. The van der Waals surface area contributed by atoms with E-state index in [2.05, 4.69) is 248 Å². The highest BCUT2D eigenvalue weighted by Gasteiger charge is 2.23. The van der Waals surface area contributed by atoms with E-state index in [0.717, 1.165) is 216 Å². The second-order valence-electron chi connectivity index (χ2n) is 36.6. The summed E-state index contributed by atoms with van der Waals surface area (Å²) >= 11 is 0. The van der Waals surface area contributed by atoms with Crippen LogP contribution in [0.15, 0.2) is 227 Å². The first kappa shape index (κ1) is 98.4. The Kier molecular flexibility index (Phi) is 31.8.